The zero-order valence-corrected chi connectivity index (χ0v) is 12.3. The van der Waals surface area contributed by atoms with Gasteiger partial charge in [-0.15, -0.1) is 11.8 Å². The van der Waals surface area contributed by atoms with E-state index in [1.165, 1.54) is 6.26 Å². The first kappa shape index (κ1) is 14.5. The number of hydrogen-bond acceptors (Lipinski definition) is 5. The van der Waals surface area contributed by atoms with Gasteiger partial charge >= 0.3 is 5.97 Å². The third-order valence-electron chi connectivity index (χ3n) is 2.85. The van der Waals surface area contributed by atoms with E-state index in [9.17, 15) is 4.79 Å². The largest absolute Gasteiger partial charge is 0.468 e. The van der Waals surface area contributed by atoms with Gasteiger partial charge in [0.05, 0.1) is 18.6 Å². The van der Waals surface area contributed by atoms with E-state index in [1.54, 1.807) is 24.8 Å². The van der Waals surface area contributed by atoms with Crippen LogP contribution in [0.5, 0.6) is 0 Å². The lowest BCUT2D eigenvalue weighted by Crippen LogP contribution is -2.05. The van der Waals surface area contributed by atoms with Crippen LogP contribution in [0.3, 0.4) is 0 Å². The molecule has 1 aromatic heterocycles. The predicted molar refractivity (Wildman–Crippen MR) is 79.8 cm³/mol. The molecule has 0 atom stereocenters. The Labute approximate surface area is 122 Å². The molecule has 0 spiro atoms. The molecular formula is C15H17NO3S. The van der Waals surface area contributed by atoms with E-state index in [-0.39, 0.29) is 5.97 Å². The van der Waals surface area contributed by atoms with Gasteiger partial charge in [0.2, 0.25) is 0 Å². The van der Waals surface area contributed by atoms with Gasteiger partial charge in [-0.05, 0) is 43.7 Å². The summed E-state index contributed by atoms with van der Waals surface area (Å²) in [5, 5.41) is 0. The Bertz CT molecular complexity index is 607. The van der Waals surface area contributed by atoms with Crippen molar-refractivity contribution in [3.63, 3.8) is 0 Å². The van der Waals surface area contributed by atoms with E-state index in [0.717, 1.165) is 16.1 Å². The van der Waals surface area contributed by atoms with Crippen LogP contribution in [0.1, 0.15) is 28.6 Å². The van der Waals surface area contributed by atoms with E-state index < -0.39 is 0 Å². The second-order valence-electron chi connectivity index (χ2n) is 4.28. The van der Waals surface area contributed by atoms with Crippen LogP contribution < -0.4 is 5.73 Å². The Kier molecular flexibility index (Phi) is 4.74. The average Bonchev–Trinajstić information content (AvgIpc) is 2.89. The maximum atomic E-state index is 11.7. The molecule has 0 radical (unpaired) electrons. The van der Waals surface area contributed by atoms with Crippen molar-refractivity contribution >= 4 is 23.4 Å². The minimum absolute atomic E-state index is 0.342. The molecule has 0 bridgehead atoms. The SMILES string of the molecule is CCOC(=O)c1ccoc1CSc1ccc(N)c(C)c1. The third-order valence-corrected chi connectivity index (χ3v) is 3.85. The standard InChI is InChI=1S/C15H17NO3S/c1-3-18-15(17)12-6-7-19-14(12)9-20-11-4-5-13(16)10(2)8-11/h4-8H,3,9,16H2,1-2H3. The Morgan fingerprint density at radius 3 is 2.90 bits per heavy atom. The topological polar surface area (TPSA) is 65.5 Å². The molecule has 1 aromatic carbocycles. The fourth-order valence-corrected chi connectivity index (χ4v) is 2.68. The van der Waals surface area contributed by atoms with Crippen LogP contribution in [0.4, 0.5) is 5.69 Å². The first-order valence-electron chi connectivity index (χ1n) is 6.34. The number of hydrogen-bond donors (Lipinski definition) is 1. The van der Waals surface area contributed by atoms with Crippen LogP contribution in [-0.2, 0) is 10.5 Å². The monoisotopic (exact) mass is 291 g/mol. The molecule has 0 aliphatic heterocycles. The van der Waals surface area contributed by atoms with Crippen LogP contribution in [0.2, 0.25) is 0 Å². The first-order chi connectivity index (χ1) is 9.61. The molecular weight excluding hydrogens is 274 g/mol. The summed E-state index contributed by atoms with van der Waals surface area (Å²) in [6, 6.07) is 7.50. The smallest absolute Gasteiger partial charge is 0.341 e. The van der Waals surface area contributed by atoms with Crippen LogP contribution in [-0.4, -0.2) is 12.6 Å². The number of nitrogens with two attached hydrogens (primary N) is 1. The molecule has 1 heterocycles. The molecule has 2 rings (SSSR count). The molecule has 106 valence electrons. The van der Waals surface area contributed by atoms with Crippen LogP contribution in [0.15, 0.2) is 39.8 Å². The number of aryl methyl sites for hydroxylation is 1. The van der Waals surface area contributed by atoms with Crippen molar-refractivity contribution in [2.75, 3.05) is 12.3 Å². The number of carbonyl (C=O) groups excluding carboxylic acids is 1. The van der Waals surface area contributed by atoms with Crippen molar-refractivity contribution in [1.29, 1.82) is 0 Å². The molecule has 4 nitrogen and oxygen atoms in total. The molecule has 0 aliphatic rings. The average molecular weight is 291 g/mol. The zero-order valence-electron chi connectivity index (χ0n) is 11.5. The highest BCUT2D eigenvalue weighted by Crippen LogP contribution is 2.27. The van der Waals surface area contributed by atoms with Gasteiger partial charge in [-0.1, -0.05) is 0 Å². The maximum Gasteiger partial charge on any atom is 0.341 e. The Hall–Kier alpha value is -1.88. The fraction of sp³-hybridized carbons (Fsp3) is 0.267. The summed E-state index contributed by atoms with van der Waals surface area (Å²) in [6.07, 6.45) is 1.51. The second-order valence-corrected chi connectivity index (χ2v) is 5.33. The van der Waals surface area contributed by atoms with Gasteiger partial charge in [0.15, 0.2) is 0 Å². The van der Waals surface area contributed by atoms with Crippen LogP contribution in [0.25, 0.3) is 0 Å². The molecule has 0 unspecified atom stereocenters. The lowest BCUT2D eigenvalue weighted by atomic mass is 10.2. The van der Waals surface area contributed by atoms with Gasteiger partial charge in [-0.25, -0.2) is 4.79 Å². The lowest BCUT2D eigenvalue weighted by molar-refractivity contribution is 0.0524. The number of nitrogen functional groups attached to an aromatic ring is 1. The molecule has 0 saturated carbocycles. The maximum absolute atomic E-state index is 11.7. The summed E-state index contributed by atoms with van der Waals surface area (Å²) in [7, 11) is 0. The number of benzene rings is 1. The summed E-state index contributed by atoms with van der Waals surface area (Å²) in [5.41, 5.74) is 8.10. The van der Waals surface area contributed by atoms with E-state index in [0.29, 0.717) is 23.7 Å². The van der Waals surface area contributed by atoms with E-state index in [2.05, 4.69) is 0 Å². The van der Waals surface area contributed by atoms with Crippen LogP contribution in [0, 0.1) is 6.92 Å². The number of thioether (sulfide) groups is 1. The highest BCUT2D eigenvalue weighted by Gasteiger charge is 2.15. The molecule has 5 heteroatoms. The normalized spacial score (nSPS) is 10.5. The Balaban J connectivity index is 2.05. The summed E-state index contributed by atoms with van der Waals surface area (Å²) in [4.78, 5) is 12.8. The van der Waals surface area contributed by atoms with Crippen molar-refractivity contribution in [3.8, 4) is 0 Å². The van der Waals surface area contributed by atoms with Gasteiger partial charge in [0.25, 0.3) is 0 Å². The number of carbonyl (C=O) groups is 1. The van der Waals surface area contributed by atoms with Gasteiger partial charge in [-0.3, -0.25) is 0 Å². The van der Waals surface area contributed by atoms with Crippen molar-refractivity contribution in [2.24, 2.45) is 0 Å². The summed E-state index contributed by atoms with van der Waals surface area (Å²) in [5.74, 6) is 0.859. The molecule has 2 aromatic rings. The quantitative estimate of drug-likeness (QED) is 0.517. The van der Waals surface area contributed by atoms with Crippen molar-refractivity contribution in [3.05, 3.63) is 47.4 Å². The highest BCUT2D eigenvalue weighted by atomic mass is 32.2. The van der Waals surface area contributed by atoms with Crippen molar-refractivity contribution in [1.82, 2.24) is 0 Å². The molecule has 0 amide bonds. The molecule has 2 N–H and O–H groups in total. The van der Waals surface area contributed by atoms with Gasteiger partial charge in [0, 0.05) is 10.6 Å². The first-order valence-corrected chi connectivity index (χ1v) is 7.32. The van der Waals surface area contributed by atoms with E-state index in [4.69, 9.17) is 14.9 Å². The van der Waals surface area contributed by atoms with Crippen molar-refractivity contribution < 1.29 is 13.9 Å². The van der Waals surface area contributed by atoms with E-state index in [1.807, 2.05) is 25.1 Å². The highest BCUT2D eigenvalue weighted by molar-refractivity contribution is 7.98. The predicted octanol–water partition coefficient (Wildman–Crippen LogP) is 3.64. The summed E-state index contributed by atoms with van der Waals surface area (Å²) in [6.45, 7) is 4.10. The van der Waals surface area contributed by atoms with Gasteiger partial charge < -0.3 is 14.9 Å². The third kappa shape index (κ3) is 3.36. The van der Waals surface area contributed by atoms with Crippen molar-refractivity contribution in [2.45, 2.75) is 24.5 Å². The Morgan fingerprint density at radius 1 is 1.40 bits per heavy atom. The van der Waals surface area contributed by atoms with Gasteiger partial charge in [0.1, 0.15) is 11.3 Å². The number of furan rings is 1. The number of rotatable bonds is 5. The Morgan fingerprint density at radius 2 is 2.20 bits per heavy atom. The summed E-state index contributed by atoms with van der Waals surface area (Å²) < 4.78 is 10.4. The molecule has 20 heavy (non-hydrogen) atoms. The lowest BCUT2D eigenvalue weighted by Gasteiger charge is -2.05. The molecule has 0 fully saturated rings. The number of ether oxygens (including phenoxy) is 1. The van der Waals surface area contributed by atoms with Gasteiger partial charge in [-0.2, -0.15) is 0 Å². The minimum atomic E-state index is -0.342. The molecule has 0 aliphatic carbocycles. The van der Waals surface area contributed by atoms with E-state index >= 15 is 0 Å². The summed E-state index contributed by atoms with van der Waals surface area (Å²) >= 11 is 1.59. The minimum Gasteiger partial charge on any atom is -0.468 e. The zero-order chi connectivity index (χ0) is 14.5. The fourth-order valence-electron chi connectivity index (χ4n) is 1.73. The number of esters is 1. The van der Waals surface area contributed by atoms with Crippen LogP contribution >= 0.6 is 11.8 Å². The number of anilines is 1. The molecule has 0 saturated heterocycles. The second kappa shape index (κ2) is 6.52.